The van der Waals surface area contributed by atoms with E-state index in [0.29, 0.717) is 6.42 Å². The molecule has 1 aromatic heterocycles. The normalized spacial score (nSPS) is 13.4. The number of carbonyl (C=O) groups excluding carboxylic acids is 1. The molecule has 2 atom stereocenters. The van der Waals surface area contributed by atoms with Crippen molar-refractivity contribution >= 4 is 12.0 Å². The van der Waals surface area contributed by atoms with Gasteiger partial charge in [0.2, 0.25) is 0 Å². The number of hydrogen-bond acceptors (Lipinski definition) is 3. The summed E-state index contributed by atoms with van der Waals surface area (Å²) in [6.07, 6.45) is 2.00. The summed E-state index contributed by atoms with van der Waals surface area (Å²) in [6.45, 7) is 3.53. The highest BCUT2D eigenvalue weighted by Gasteiger charge is 2.25. The van der Waals surface area contributed by atoms with E-state index in [2.05, 4.69) is 10.3 Å². The summed E-state index contributed by atoms with van der Waals surface area (Å²) in [5.74, 6) is -1.01. The molecule has 0 aliphatic heterocycles. The van der Waals surface area contributed by atoms with Crippen molar-refractivity contribution < 1.29 is 14.7 Å². The van der Waals surface area contributed by atoms with Crippen LogP contribution in [0.1, 0.15) is 32.0 Å². The largest absolute Gasteiger partial charge is 0.480 e. The van der Waals surface area contributed by atoms with Gasteiger partial charge in [0, 0.05) is 13.2 Å². The van der Waals surface area contributed by atoms with Crippen molar-refractivity contribution in [1.29, 1.82) is 0 Å². The molecule has 0 fully saturated rings. The average molecular weight is 265 g/mol. The lowest BCUT2D eigenvalue weighted by Crippen LogP contribution is -2.47. The second-order valence-corrected chi connectivity index (χ2v) is 4.30. The number of carboxylic acids is 1. The second kappa shape index (κ2) is 6.72. The fourth-order valence-corrected chi connectivity index (χ4v) is 1.75. The molecule has 1 aromatic rings. The minimum absolute atomic E-state index is 0.276. The number of carbonyl (C=O) groups is 2. The van der Waals surface area contributed by atoms with Gasteiger partial charge in [0.05, 0.1) is 11.7 Å². The molecule has 0 spiro atoms. The molecule has 2 N–H and O–H groups in total. The molecular formula is C13H19N3O3. The Labute approximate surface area is 112 Å². The molecule has 0 aliphatic rings. The Kier molecular flexibility index (Phi) is 5.29. The first-order chi connectivity index (χ1) is 8.97. The van der Waals surface area contributed by atoms with Crippen LogP contribution in [0.5, 0.6) is 0 Å². The van der Waals surface area contributed by atoms with Crippen LogP contribution in [0.4, 0.5) is 4.79 Å². The van der Waals surface area contributed by atoms with E-state index < -0.39 is 18.0 Å². The molecule has 2 amide bonds. The summed E-state index contributed by atoms with van der Waals surface area (Å²) >= 11 is 0. The summed E-state index contributed by atoms with van der Waals surface area (Å²) in [5, 5.41) is 11.7. The van der Waals surface area contributed by atoms with Crippen LogP contribution in [0.15, 0.2) is 24.4 Å². The maximum Gasteiger partial charge on any atom is 0.326 e. The van der Waals surface area contributed by atoms with Gasteiger partial charge < -0.3 is 15.3 Å². The summed E-state index contributed by atoms with van der Waals surface area (Å²) in [4.78, 5) is 28.3. The zero-order valence-corrected chi connectivity index (χ0v) is 11.3. The van der Waals surface area contributed by atoms with Crippen LogP contribution in [0.3, 0.4) is 0 Å². The first-order valence-corrected chi connectivity index (χ1v) is 6.14. The number of pyridine rings is 1. The Bertz CT molecular complexity index is 436. The lowest BCUT2D eigenvalue weighted by atomic mass is 10.2. The molecule has 0 saturated heterocycles. The highest BCUT2D eigenvalue weighted by molar-refractivity contribution is 5.82. The van der Waals surface area contributed by atoms with Gasteiger partial charge in [0.15, 0.2) is 0 Å². The third-order valence-electron chi connectivity index (χ3n) is 2.93. The molecule has 2 unspecified atom stereocenters. The van der Waals surface area contributed by atoms with E-state index in [-0.39, 0.29) is 6.04 Å². The van der Waals surface area contributed by atoms with Crippen molar-refractivity contribution in [3.05, 3.63) is 30.1 Å². The van der Waals surface area contributed by atoms with E-state index in [1.54, 1.807) is 32.2 Å². The minimum atomic E-state index is -1.01. The van der Waals surface area contributed by atoms with Gasteiger partial charge in [0.25, 0.3) is 0 Å². The Morgan fingerprint density at radius 2 is 2.16 bits per heavy atom. The highest BCUT2D eigenvalue weighted by atomic mass is 16.4. The molecule has 0 aromatic carbocycles. The number of rotatable bonds is 5. The van der Waals surface area contributed by atoms with Crippen LogP contribution in [-0.4, -0.2) is 40.1 Å². The lowest BCUT2D eigenvalue weighted by molar-refractivity contribution is -0.141. The molecule has 0 saturated carbocycles. The molecule has 1 rings (SSSR count). The van der Waals surface area contributed by atoms with Crippen LogP contribution in [0.25, 0.3) is 0 Å². The van der Waals surface area contributed by atoms with E-state index in [1.165, 1.54) is 11.9 Å². The molecular weight excluding hydrogens is 246 g/mol. The fraction of sp³-hybridized carbons (Fsp3) is 0.462. The van der Waals surface area contributed by atoms with Gasteiger partial charge in [-0.1, -0.05) is 13.0 Å². The van der Waals surface area contributed by atoms with Gasteiger partial charge in [-0.2, -0.15) is 0 Å². The van der Waals surface area contributed by atoms with E-state index in [9.17, 15) is 9.59 Å². The Balaban J connectivity index is 2.66. The SMILES string of the molecule is CCC(C(=O)O)N(C)C(=O)NC(C)c1ccccn1. The topological polar surface area (TPSA) is 82.5 Å². The summed E-state index contributed by atoms with van der Waals surface area (Å²) < 4.78 is 0. The molecule has 6 nitrogen and oxygen atoms in total. The molecule has 19 heavy (non-hydrogen) atoms. The summed E-state index contributed by atoms with van der Waals surface area (Å²) in [7, 11) is 1.47. The zero-order valence-electron chi connectivity index (χ0n) is 11.3. The molecule has 0 aliphatic carbocycles. The van der Waals surface area contributed by atoms with Crippen LogP contribution in [-0.2, 0) is 4.79 Å². The number of aliphatic carboxylic acids is 1. The highest BCUT2D eigenvalue weighted by Crippen LogP contribution is 2.10. The first-order valence-electron chi connectivity index (χ1n) is 6.14. The third kappa shape index (κ3) is 3.94. The van der Waals surface area contributed by atoms with Crippen LogP contribution >= 0.6 is 0 Å². The van der Waals surface area contributed by atoms with Gasteiger partial charge >= 0.3 is 12.0 Å². The Hall–Kier alpha value is -2.11. The van der Waals surface area contributed by atoms with Gasteiger partial charge in [-0.3, -0.25) is 4.98 Å². The Morgan fingerprint density at radius 1 is 1.47 bits per heavy atom. The quantitative estimate of drug-likeness (QED) is 0.848. The predicted octanol–water partition coefficient (Wildman–Crippen LogP) is 1.65. The lowest BCUT2D eigenvalue weighted by Gasteiger charge is -2.25. The number of likely N-dealkylation sites (N-methyl/N-ethyl adjacent to an activating group) is 1. The zero-order chi connectivity index (χ0) is 14.4. The first kappa shape index (κ1) is 14.9. The van der Waals surface area contributed by atoms with Crippen molar-refractivity contribution in [2.75, 3.05) is 7.05 Å². The summed E-state index contributed by atoms with van der Waals surface area (Å²) in [5.41, 5.74) is 0.729. The van der Waals surface area contributed by atoms with Gasteiger partial charge in [-0.25, -0.2) is 9.59 Å². The molecule has 6 heteroatoms. The standard InChI is InChI=1S/C13H19N3O3/c1-4-11(12(17)18)16(3)13(19)15-9(2)10-7-5-6-8-14-10/h5-9,11H,4H2,1-3H3,(H,15,19)(H,17,18). The predicted molar refractivity (Wildman–Crippen MR) is 70.7 cm³/mol. The number of urea groups is 1. The summed E-state index contributed by atoms with van der Waals surface area (Å²) in [6, 6.07) is 3.91. The van der Waals surface area contributed by atoms with Crippen molar-refractivity contribution in [1.82, 2.24) is 15.2 Å². The third-order valence-corrected chi connectivity index (χ3v) is 2.93. The van der Waals surface area contributed by atoms with Crippen molar-refractivity contribution in [2.45, 2.75) is 32.4 Å². The van der Waals surface area contributed by atoms with E-state index >= 15 is 0 Å². The van der Waals surface area contributed by atoms with E-state index in [1.807, 2.05) is 6.07 Å². The number of amides is 2. The van der Waals surface area contributed by atoms with Crippen molar-refractivity contribution in [3.63, 3.8) is 0 Å². The number of aromatic nitrogens is 1. The fourth-order valence-electron chi connectivity index (χ4n) is 1.75. The van der Waals surface area contributed by atoms with Crippen LogP contribution < -0.4 is 5.32 Å². The average Bonchev–Trinajstić information content (AvgIpc) is 2.39. The monoisotopic (exact) mass is 265 g/mol. The molecule has 0 bridgehead atoms. The van der Waals surface area contributed by atoms with Crippen LogP contribution in [0.2, 0.25) is 0 Å². The van der Waals surface area contributed by atoms with Crippen molar-refractivity contribution in [2.24, 2.45) is 0 Å². The van der Waals surface area contributed by atoms with Crippen LogP contribution in [0, 0.1) is 0 Å². The van der Waals surface area contributed by atoms with E-state index in [0.717, 1.165) is 5.69 Å². The van der Waals surface area contributed by atoms with Gasteiger partial charge in [0.1, 0.15) is 6.04 Å². The molecule has 104 valence electrons. The molecule has 0 radical (unpaired) electrons. The van der Waals surface area contributed by atoms with Gasteiger partial charge in [-0.05, 0) is 25.5 Å². The van der Waals surface area contributed by atoms with E-state index in [4.69, 9.17) is 5.11 Å². The maximum atomic E-state index is 12.0. The number of nitrogens with zero attached hydrogens (tertiary/aromatic N) is 2. The number of hydrogen-bond donors (Lipinski definition) is 2. The number of carboxylic acid groups (broad SMARTS) is 1. The second-order valence-electron chi connectivity index (χ2n) is 4.30. The van der Waals surface area contributed by atoms with Gasteiger partial charge in [-0.15, -0.1) is 0 Å². The smallest absolute Gasteiger partial charge is 0.326 e. The van der Waals surface area contributed by atoms with Crippen molar-refractivity contribution in [3.8, 4) is 0 Å². The molecule has 1 heterocycles. The minimum Gasteiger partial charge on any atom is -0.480 e. The number of nitrogens with one attached hydrogen (secondary N) is 1. The Morgan fingerprint density at radius 3 is 2.63 bits per heavy atom. The maximum absolute atomic E-state index is 12.0.